The van der Waals surface area contributed by atoms with Crippen LogP contribution in [0.3, 0.4) is 0 Å². The summed E-state index contributed by atoms with van der Waals surface area (Å²) >= 11 is 5.53. The molecule has 1 aromatic carbocycles. The highest BCUT2D eigenvalue weighted by atomic mass is 35.5. The Kier molecular flexibility index (Phi) is 1.96. The molecule has 0 aliphatic carbocycles. The van der Waals surface area contributed by atoms with E-state index >= 15 is 0 Å². The predicted molar refractivity (Wildman–Crippen MR) is 45.4 cm³/mol. The molecule has 0 atom stereocenters. The van der Waals surface area contributed by atoms with Crippen molar-refractivity contribution in [1.82, 2.24) is 0 Å². The Bertz CT molecular complexity index is 376. The average molecular weight is 201 g/mol. The Balaban J connectivity index is 2.58. The van der Waals surface area contributed by atoms with Gasteiger partial charge in [-0.3, -0.25) is 0 Å². The zero-order chi connectivity index (χ0) is 9.42. The van der Waals surface area contributed by atoms with Gasteiger partial charge in [0.2, 0.25) is 0 Å². The van der Waals surface area contributed by atoms with E-state index in [-0.39, 0.29) is 5.02 Å². The Morgan fingerprint density at radius 1 is 1.46 bits per heavy atom. The van der Waals surface area contributed by atoms with Crippen LogP contribution >= 0.6 is 11.6 Å². The van der Waals surface area contributed by atoms with Crippen LogP contribution in [0.1, 0.15) is 15.9 Å². The molecule has 0 aromatic heterocycles. The lowest BCUT2D eigenvalue weighted by atomic mass is 10.0. The third-order valence-corrected chi connectivity index (χ3v) is 2.26. The van der Waals surface area contributed by atoms with Crippen LogP contribution < -0.4 is 0 Å². The maximum Gasteiger partial charge on any atom is 0.338 e. The predicted octanol–water partition coefficient (Wildman–Crippen LogP) is 2.19. The molecule has 13 heavy (non-hydrogen) atoms. The van der Waals surface area contributed by atoms with Gasteiger partial charge < -0.3 is 4.74 Å². The standard InChI is InChI=1S/C9H6ClFO2/c10-7-4-6-5(3-8(7)11)1-2-13-9(6)12/h3-4H,1-2H2. The highest BCUT2D eigenvalue weighted by Crippen LogP contribution is 2.23. The van der Waals surface area contributed by atoms with E-state index in [1.54, 1.807) is 0 Å². The van der Waals surface area contributed by atoms with E-state index in [0.717, 1.165) is 0 Å². The second kappa shape index (κ2) is 3.00. The molecule has 68 valence electrons. The zero-order valence-corrected chi connectivity index (χ0v) is 7.40. The number of benzene rings is 1. The van der Waals surface area contributed by atoms with Crippen LogP contribution in [0.4, 0.5) is 4.39 Å². The minimum Gasteiger partial charge on any atom is -0.462 e. The molecule has 0 saturated heterocycles. The Labute approximate surface area is 79.3 Å². The van der Waals surface area contributed by atoms with Gasteiger partial charge in [0.1, 0.15) is 5.82 Å². The van der Waals surface area contributed by atoms with Gasteiger partial charge in [0, 0.05) is 6.42 Å². The minimum absolute atomic E-state index is 0.0439. The van der Waals surface area contributed by atoms with Crippen molar-refractivity contribution in [2.45, 2.75) is 6.42 Å². The maximum atomic E-state index is 12.9. The van der Waals surface area contributed by atoms with Gasteiger partial charge in [-0.2, -0.15) is 0 Å². The number of carbonyl (C=O) groups excluding carboxylic acids is 1. The number of rotatable bonds is 0. The topological polar surface area (TPSA) is 26.3 Å². The van der Waals surface area contributed by atoms with Gasteiger partial charge in [-0.15, -0.1) is 0 Å². The van der Waals surface area contributed by atoms with E-state index in [4.69, 9.17) is 16.3 Å². The molecule has 0 N–H and O–H groups in total. The first kappa shape index (κ1) is 8.51. The molecule has 1 aromatic rings. The first-order valence-electron chi connectivity index (χ1n) is 3.83. The van der Waals surface area contributed by atoms with Gasteiger partial charge >= 0.3 is 5.97 Å². The van der Waals surface area contributed by atoms with Gasteiger partial charge in [0.15, 0.2) is 0 Å². The molecule has 2 nitrogen and oxygen atoms in total. The summed E-state index contributed by atoms with van der Waals surface area (Å²) in [6, 6.07) is 2.60. The quantitative estimate of drug-likeness (QED) is 0.600. The Morgan fingerprint density at radius 2 is 2.23 bits per heavy atom. The summed E-state index contributed by atoms with van der Waals surface area (Å²) < 4.78 is 17.7. The fourth-order valence-corrected chi connectivity index (χ4v) is 1.48. The number of cyclic esters (lactones) is 1. The third kappa shape index (κ3) is 1.40. The fourth-order valence-electron chi connectivity index (χ4n) is 1.32. The average Bonchev–Trinajstić information content (AvgIpc) is 2.09. The second-order valence-corrected chi connectivity index (χ2v) is 3.22. The largest absolute Gasteiger partial charge is 0.462 e. The molecular formula is C9H6ClFO2. The number of fused-ring (bicyclic) bond motifs is 1. The normalized spacial score (nSPS) is 15.1. The molecule has 0 radical (unpaired) electrons. The van der Waals surface area contributed by atoms with Gasteiger partial charge in [0.25, 0.3) is 0 Å². The van der Waals surface area contributed by atoms with E-state index in [1.165, 1.54) is 12.1 Å². The molecule has 4 heteroatoms. The van der Waals surface area contributed by atoms with Gasteiger partial charge in [-0.1, -0.05) is 11.6 Å². The van der Waals surface area contributed by atoms with Crippen molar-refractivity contribution in [1.29, 1.82) is 0 Å². The van der Waals surface area contributed by atoms with Crippen LogP contribution in [-0.2, 0) is 11.2 Å². The lowest BCUT2D eigenvalue weighted by Gasteiger charge is -2.15. The summed E-state index contributed by atoms with van der Waals surface area (Å²) in [6.45, 7) is 0.312. The first-order valence-corrected chi connectivity index (χ1v) is 4.21. The van der Waals surface area contributed by atoms with E-state index < -0.39 is 11.8 Å². The molecule has 1 heterocycles. The number of esters is 1. The van der Waals surface area contributed by atoms with Crippen LogP contribution in [0.5, 0.6) is 0 Å². The molecule has 0 unspecified atom stereocenters. The van der Waals surface area contributed by atoms with Gasteiger partial charge in [0.05, 0.1) is 17.2 Å². The molecule has 0 fully saturated rings. The fraction of sp³-hybridized carbons (Fsp3) is 0.222. The van der Waals surface area contributed by atoms with E-state index in [0.29, 0.717) is 24.2 Å². The molecule has 1 aliphatic heterocycles. The van der Waals surface area contributed by atoms with E-state index in [1.807, 2.05) is 0 Å². The van der Waals surface area contributed by atoms with Crippen molar-refractivity contribution in [3.05, 3.63) is 34.1 Å². The third-order valence-electron chi connectivity index (χ3n) is 1.97. The number of halogens is 2. The minimum atomic E-state index is -0.491. The lowest BCUT2D eigenvalue weighted by molar-refractivity contribution is 0.0480. The Morgan fingerprint density at radius 3 is 3.00 bits per heavy atom. The summed E-state index contributed by atoms with van der Waals surface area (Å²) in [5.74, 6) is -0.918. The van der Waals surface area contributed by atoms with Crippen molar-refractivity contribution in [3.8, 4) is 0 Å². The van der Waals surface area contributed by atoms with E-state index in [2.05, 4.69) is 0 Å². The molecule has 1 aliphatic rings. The van der Waals surface area contributed by atoms with Crippen molar-refractivity contribution in [3.63, 3.8) is 0 Å². The Hall–Kier alpha value is -1.09. The molecule has 2 rings (SSSR count). The van der Waals surface area contributed by atoms with Crippen molar-refractivity contribution < 1.29 is 13.9 Å². The van der Waals surface area contributed by atoms with Crippen molar-refractivity contribution in [2.75, 3.05) is 6.61 Å². The molecular weight excluding hydrogens is 195 g/mol. The summed E-state index contributed by atoms with van der Waals surface area (Å²) in [7, 11) is 0. The SMILES string of the molecule is O=C1OCCc2cc(F)c(Cl)cc21. The van der Waals surface area contributed by atoms with Crippen LogP contribution in [-0.4, -0.2) is 12.6 Å². The summed E-state index contributed by atoms with van der Waals surface area (Å²) in [6.07, 6.45) is 0.551. The molecule has 0 amide bonds. The monoisotopic (exact) mass is 200 g/mol. The summed E-state index contributed by atoms with van der Waals surface area (Å²) in [5, 5.41) is -0.0439. The van der Waals surface area contributed by atoms with Crippen molar-refractivity contribution >= 4 is 17.6 Å². The van der Waals surface area contributed by atoms with Crippen LogP contribution in [0, 0.1) is 5.82 Å². The highest BCUT2D eigenvalue weighted by Gasteiger charge is 2.20. The number of ether oxygens (including phenoxy) is 1. The zero-order valence-electron chi connectivity index (χ0n) is 6.64. The smallest absolute Gasteiger partial charge is 0.338 e. The highest BCUT2D eigenvalue weighted by molar-refractivity contribution is 6.31. The molecule has 0 saturated carbocycles. The number of hydrogen-bond donors (Lipinski definition) is 0. The first-order chi connectivity index (χ1) is 6.18. The number of carbonyl (C=O) groups is 1. The lowest BCUT2D eigenvalue weighted by Crippen LogP contribution is -2.17. The maximum absolute atomic E-state index is 12.9. The summed E-state index contributed by atoms with van der Waals surface area (Å²) in [5.41, 5.74) is 1.04. The van der Waals surface area contributed by atoms with Crippen LogP contribution in [0.25, 0.3) is 0 Å². The van der Waals surface area contributed by atoms with E-state index in [9.17, 15) is 9.18 Å². The summed E-state index contributed by atoms with van der Waals surface area (Å²) in [4.78, 5) is 11.1. The van der Waals surface area contributed by atoms with Gasteiger partial charge in [-0.05, 0) is 17.7 Å². The number of hydrogen-bond acceptors (Lipinski definition) is 2. The van der Waals surface area contributed by atoms with Crippen LogP contribution in [0.2, 0.25) is 5.02 Å². The van der Waals surface area contributed by atoms with Crippen molar-refractivity contribution in [2.24, 2.45) is 0 Å². The molecule has 0 bridgehead atoms. The second-order valence-electron chi connectivity index (χ2n) is 2.81. The van der Waals surface area contributed by atoms with Crippen LogP contribution in [0.15, 0.2) is 12.1 Å². The molecule has 0 spiro atoms. The van der Waals surface area contributed by atoms with Gasteiger partial charge in [-0.25, -0.2) is 9.18 Å².